The highest BCUT2D eigenvalue weighted by atomic mass is 35.5. The number of hydrogen-bond donors (Lipinski definition) is 1. The lowest BCUT2D eigenvalue weighted by Gasteiger charge is -2.04. The first-order chi connectivity index (χ1) is 11.4. The molecule has 24 heavy (non-hydrogen) atoms. The highest BCUT2D eigenvalue weighted by Crippen LogP contribution is 2.31. The number of thiophene rings is 1. The van der Waals surface area contributed by atoms with Crippen molar-refractivity contribution in [1.29, 1.82) is 0 Å². The van der Waals surface area contributed by atoms with Crippen LogP contribution in [0.3, 0.4) is 0 Å². The zero-order valence-electron chi connectivity index (χ0n) is 12.3. The molecule has 1 amide bonds. The first-order valence-corrected chi connectivity index (χ1v) is 8.79. The average molecular weight is 380 g/mol. The van der Waals surface area contributed by atoms with Crippen molar-refractivity contribution >= 4 is 51.0 Å². The summed E-state index contributed by atoms with van der Waals surface area (Å²) in [4.78, 5) is 29.1. The number of anilines is 1. The molecule has 9 heteroatoms. The van der Waals surface area contributed by atoms with Crippen molar-refractivity contribution in [3.05, 3.63) is 61.3 Å². The quantitative estimate of drug-likeness (QED) is 0.511. The van der Waals surface area contributed by atoms with Crippen molar-refractivity contribution < 1.29 is 9.72 Å². The number of nitro groups is 1. The molecular weight excluding hydrogens is 370 g/mol. The fraction of sp³-hybridized carbons (Fsp3) is 0.0667. The average Bonchev–Trinajstić information content (AvgIpc) is 3.16. The minimum atomic E-state index is -0.576. The molecule has 0 radical (unpaired) electrons. The summed E-state index contributed by atoms with van der Waals surface area (Å²) in [5, 5.41) is 15.8. The summed E-state index contributed by atoms with van der Waals surface area (Å²) >= 11 is 8.86. The Labute approximate surface area is 149 Å². The molecule has 6 nitrogen and oxygen atoms in total. The maximum absolute atomic E-state index is 12.3. The molecule has 0 bridgehead atoms. The van der Waals surface area contributed by atoms with Crippen LogP contribution in [0.5, 0.6) is 0 Å². The molecule has 1 aromatic carbocycles. The SMILES string of the molecule is Cc1ccc(-c2csc(NC(=O)c3cc([N+](=O)[O-])ccc3Cl)n2)s1. The van der Waals surface area contributed by atoms with Gasteiger partial charge in [0.2, 0.25) is 0 Å². The summed E-state index contributed by atoms with van der Waals surface area (Å²) in [7, 11) is 0. The van der Waals surface area contributed by atoms with E-state index in [4.69, 9.17) is 11.6 Å². The fourth-order valence-corrected chi connectivity index (χ4v) is 3.79. The predicted octanol–water partition coefficient (Wildman–Crippen LogP) is 4.99. The third-order valence-electron chi connectivity index (χ3n) is 3.12. The van der Waals surface area contributed by atoms with Crippen molar-refractivity contribution in [2.45, 2.75) is 6.92 Å². The van der Waals surface area contributed by atoms with Gasteiger partial charge in [-0.2, -0.15) is 0 Å². The van der Waals surface area contributed by atoms with E-state index < -0.39 is 10.8 Å². The van der Waals surface area contributed by atoms with Gasteiger partial charge in [-0.3, -0.25) is 20.2 Å². The Balaban J connectivity index is 1.82. The molecule has 0 unspecified atom stereocenters. The molecule has 122 valence electrons. The third kappa shape index (κ3) is 3.45. The number of thiazole rings is 1. The van der Waals surface area contributed by atoms with E-state index in [0.29, 0.717) is 5.13 Å². The standard InChI is InChI=1S/C15H10ClN3O3S2/c1-8-2-5-13(24-8)12-7-23-15(17-12)18-14(20)10-6-9(19(21)22)3-4-11(10)16/h2-7H,1H3,(H,17,18,20). The molecule has 0 fully saturated rings. The highest BCUT2D eigenvalue weighted by Gasteiger charge is 2.17. The Morgan fingerprint density at radius 2 is 2.12 bits per heavy atom. The first-order valence-electron chi connectivity index (χ1n) is 6.71. The van der Waals surface area contributed by atoms with Crippen LogP contribution in [-0.2, 0) is 0 Å². The molecule has 2 aromatic heterocycles. The van der Waals surface area contributed by atoms with Gasteiger partial charge in [0.05, 0.1) is 26.1 Å². The number of aromatic nitrogens is 1. The number of aryl methyl sites for hydroxylation is 1. The van der Waals surface area contributed by atoms with Gasteiger partial charge in [-0.05, 0) is 25.1 Å². The minimum absolute atomic E-state index is 0.0367. The lowest BCUT2D eigenvalue weighted by molar-refractivity contribution is -0.384. The summed E-state index contributed by atoms with van der Waals surface area (Å²) in [5.74, 6) is -0.535. The molecule has 2 heterocycles. The number of hydrogen-bond acceptors (Lipinski definition) is 6. The van der Waals surface area contributed by atoms with Crippen LogP contribution < -0.4 is 5.32 Å². The Hall–Kier alpha value is -2.29. The number of halogens is 1. The Morgan fingerprint density at radius 3 is 2.79 bits per heavy atom. The molecule has 0 spiro atoms. The fourth-order valence-electron chi connectivity index (χ4n) is 1.98. The second kappa shape index (κ2) is 6.68. The summed E-state index contributed by atoms with van der Waals surface area (Å²) in [5.41, 5.74) is 0.617. The largest absolute Gasteiger partial charge is 0.298 e. The van der Waals surface area contributed by atoms with E-state index >= 15 is 0 Å². The Morgan fingerprint density at radius 1 is 1.33 bits per heavy atom. The smallest absolute Gasteiger partial charge is 0.270 e. The van der Waals surface area contributed by atoms with Gasteiger partial charge in [-0.25, -0.2) is 4.98 Å². The topological polar surface area (TPSA) is 85.1 Å². The molecule has 0 aliphatic heterocycles. The van der Waals surface area contributed by atoms with Crippen LogP contribution in [-0.4, -0.2) is 15.8 Å². The van der Waals surface area contributed by atoms with E-state index in [1.54, 1.807) is 11.3 Å². The maximum Gasteiger partial charge on any atom is 0.270 e. The van der Waals surface area contributed by atoms with Crippen molar-refractivity contribution in [2.75, 3.05) is 5.32 Å². The van der Waals surface area contributed by atoms with Crippen LogP contribution in [0.1, 0.15) is 15.2 Å². The number of nitrogens with zero attached hydrogens (tertiary/aromatic N) is 2. The van der Waals surface area contributed by atoms with Gasteiger partial charge in [0.25, 0.3) is 11.6 Å². The molecule has 1 N–H and O–H groups in total. The van der Waals surface area contributed by atoms with E-state index in [9.17, 15) is 14.9 Å². The van der Waals surface area contributed by atoms with Gasteiger partial charge in [0, 0.05) is 22.4 Å². The van der Waals surface area contributed by atoms with E-state index in [1.165, 1.54) is 28.3 Å². The van der Waals surface area contributed by atoms with Crippen molar-refractivity contribution in [1.82, 2.24) is 4.98 Å². The Bertz CT molecular complexity index is 936. The lowest BCUT2D eigenvalue weighted by atomic mass is 10.2. The van der Waals surface area contributed by atoms with Crippen LogP contribution in [0.25, 0.3) is 10.6 Å². The third-order valence-corrected chi connectivity index (χ3v) is 5.23. The number of nitrogens with one attached hydrogen (secondary N) is 1. The van der Waals surface area contributed by atoms with Crippen LogP contribution in [0.4, 0.5) is 10.8 Å². The first kappa shape index (κ1) is 16.6. The zero-order valence-corrected chi connectivity index (χ0v) is 14.7. The number of amides is 1. The number of rotatable bonds is 4. The van der Waals surface area contributed by atoms with E-state index in [2.05, 4.69) is 10.3 Å². The molecular formula is C15H10ClN3O3S2. The lowest BCUT2D eigenvalue weighted by Crippen LogP contribution is -2.12. The van der Waals surface area contributed by atoms with Gasteiger partial charge >= 0.3 is 0 Å². The van der Waals surface area contributed by atoms with Gasteiger partial charge in [0.15, 0.2) is 5.13 Å². The predicted molar refractivity (Wildman–Crippen MR) is 96.2 cm³/mol. The zero-order chi connectivity index (χ0) is 17.3. The molecule has 0 aliphatic rings. The normalized spacial score (nSPS) is 10.6. The molecule has 0 atom stereocenters. The summed E-state index contributed by atoms with van der Waals surface area (Å²) in [6.07, 6.45) is 0. The van der Waals surface area contributed by atoms with E-state index in [1.807, 2.05) is 24.4 Å². The number of carbonyl (C=O) groups is 1. The summed E-state index contributed by atoms with van der Waals surface area (Å²) in [6, 6.07) is 7.70. The molecule has 0 saturated carbocycles. The molecule has 0 saturated heterocycles. The maximum atomic E-state index is 12.3. The van der Waals surface area contributed by atoms with Gasteiger partial charge in [-0.1, -0.05) is 11.6 Å². The highest BCUT2D eigenvalue weighted by molar-refractivity contribution is 7.17. The van der Waals surface area contributed by atoms with Crippen LogP contribution >= 0.6 is 34.3 Å². The van der Waals surface area contributed by atoms with Gasteiger partial charge in [-0.15, -0.1) is 22.7 Å². The minimum Gasteiger partial charge on any atom is -0.298 e. The van der Waals surface area contributed by atoms with Crippen molar-refractivity contribution in [3.8, 4) is 10.6 Å². The number of carbonyl (C=O) groups excluding carboxylic acids is 1. The van der Waals surface area contributed by atoms with Crippen LogP contribution in [0.15, 0.2) is 35.7 Å². The van der Waals surface area contributed by atoms with Crippen LogP contribution in [0, 0.1) is 17.0 Å². The molecule has 3 rings (SSSR count). The number of benzene rings is 1. The second-order valence-electron chi connectivity index (χ2n) is 4.82. The van der Waals surface area contributed by atoms with Crippen molar-refractivity contribution in [3.63, 3.8) is 0 Å². The van der Waals surface area contributed by atoms with E-state index in [0.717, 1.165) is 16.6 Å². The van der Waals surface area contributed by atoms with Gasteiger partial charge in [0.1, 0.15) is 0 Å². The van der Waals surface area contributed by atoms with Crippen LogP contribution in [0.2, 0.25) is 5.02 Å². The molecule has 3 aromatic rings. The number of nitro benzene ring substituents is 1. The molecule has 0 aliphatic carbocycles. The van der Waals surface area contributed by atoms with E-state index in [-0.39, 0.29) is 16.3 Å². The Kier molecular flexibility index (Phi) is 4.61. The van der Waals surface area contributed by atoms with Crippen molar-refractivity contribution in [2.24, 2.45) is 0 Å². The summed E-state index contributed by atoms with van der Waals surface area (Å²) in [6.45, 7) is 2.01. The van der Waals surface area contributed by atoms with Gasteiger partial charge < -0.3 is 0 Å². The summed E-state index contributed by atoms with van der Waals surface area (Å²) < 4.78 is 0. The monoisotopic (exact) mass is 379 g/mol. The second-order valence-corrected chi connectivity index (χ2v) is 7.38. The number of non-ortho nitro benzene ring substituents is 1.